The highest BCUT2D eigenvalue weighted by Gasteiger charge is 2.29. The van der Waals surface area contributed by atoms with E-state index in [4.69, 9.17) is 5.73 Å². The Kier molecular flexibility index (Phi) is 5.02. The van der Waals surface area contributed by atoms with E-state index in [2.05, 4.69) is 0 Å². The summed E-state index contributed by atoms with van der Waals surface area (Å²) in [6.07, 6.45) is -2.01. The monoisotopic (exact) mass is 293 g/mol. The highest BCUT2D eigenvalue weighted by molar-refractivity contribution is 5.25. The molecule has 0 spiro atoms. The van der Waals surface area contributed by atoms with E-state index in [0.29, 0.717) is 6.42 Å². The second kappa shape index (κ2) is 6.76. The number of hydrogen-bond donors (Lipinski definition) is 1. The summed E-state index contributed by atoms with van der Waals surface area (Å²) >= 11 is 0. The Balaban J connectivity index is 1.86. The molecule has 0 aliphatic carbocycles. The van der Waals surface area contributed by atoms with E-state index < -0.39 is 11.7 Å². The molecular weight excluding hydrogens is 275 g/mol. The molecule has 0 aliphatic rings. The van der Waals surface area contributed by atoms with E-state index in [1.165, 1.54) is 17.7 Å². The Morgan fingerprint density at radius 3 is 2.05 bits per heavy atom. The molecule has 1 atom stereocenters. The van der Waals surface area contributed by atoms with Crippen LogP contribution in [0.15, 0.2) is 54.6 Å². The zero-order chi connectivity index (χ0) is 15.3. The molecule has 112 valence electrons. The molecule has 2 aromatic carbocycles. The van der Waals surface area contributed by atoms with Gasteiger partial charge < -0.3 is 5.73 Å². The van der Waals surface area contributed by atoms with E-state index in [1.807, 2.05) is 30.3 Å². The molecule has 0 fully saturated rings. The second-order valence-corrected chi connectivity index (χ2v) is 5.18. The van der Waals surface area contributed by atoms with Crippen LogP contribution in [-0.2, 0) is 19.0 Å². The Bertz CT molecular complexity index is 546. The lowest BCUT2D eigenvalue weighted by Crippen LogP contribution is -2.23. The summed E-state index contributed by atoms with van der Waals surface area (Å²) in [5.74, 6) is 0. The van der Waals surface area contributed by atoms with Gasteiger partial charge in [-0.2, -0.15) is 13.2 Å². The smallest absolute Gasteiger partial charge is 0.327 e. The van der Waals surface area contributed by atoms with E-state index in [0.717, 1.165) is 30.5 Å². The molecule has 0 bridgehead atoms. The molecular formula is C17H18F3N. The van der Waals surface area contributed by atoms with Crippen LogP contribution in [-0.4, -0.2) is 6.04 Å². The van der Waals surface area contributed by atoms with Gasteiger partial charge in [-0.15, -0.1) is 0 Å². The van der Waals surface area contributed by atoms with Crippen LogP contribution >= 0.6 is 0 Å². The molecule has 0 aliphatic heterocycles. The third-order valence-electron chi connectivity index (χ3n) is 3.43. The lowest BCUT2D eigenvalue weighted by atomic mass is 9.99. The highest BCUT2D eigenvalue weighted by atomic mass is 19.4. The average Bonchev–Trinajstić information content (AvgIpc) is 2.46. The first-order chi connectivity index (χ1) is 9.95. The van der Waals surface area contributed by atoms with Crippen molar-refractivity contribution in [3.63, 3.8) is 0 Å². The summed E-state index contributed by atoms with van der Waals surface area (Å²) in [5, 5.41) is 0. The normalized spacial score (nSPS) is 13.1. The fraction of sp³-hybridized carbons (Fsp3) is 0.294. The van der Waals surface area contributed by atoms with Gasteiger partial charge in [0.1, 0.15) is 0 Å². The van der Waals surface area contributed by atoms with Gasteiger partial charge in [0, 0.05) is 6.04 Å². The summed E-state index contributed by atoms with van der Waals surface area (Å²) < 4.78 is 37.4. The molecule has 0 amide bonds. The summed E-state index contributed by atoms with van der Waals surface area (Å²) in [5.41, 5.74) is 7.49. The van der Waals surface area contributed by atoms with Gasteiger partial charge in [-0.3, -0.25) is 0 Å². The maximum Gasteiger partial charge on any atom is 0.416 e. The van der Waals surface area contributed by atoms with Crippen LogP contribution in [0.2, 0.25) is 0 Å². The van der Waals surface area contributed by atoms with Crippen LogP contribution in [0.5, 0.6) is 0 Å². The summed E-state index contributed by atoms with van der Waals surface area (Å²) in [6, 6.07) is 15.2. The molecule has 0 saturated heterocycles. The van der Waals surface area contributed by atoms with Gasteiger partial charge in [0.05, 0.1) is 5.56 Å². The van der Waals surface area contributed by atoms with Crippen LogP contribution in [0.4, 0.5) is 13.2 Å². The summed E-state index contributed by atoms with van der Waals surface area (Å²) in [6.45, 7) is 0. The maximum atomic E-state index is 12.5. The minimum Gasteiger partial charge on any atom is -0.327 e. The summed E-state index contributed by atoms with van der Waals surface area (Å²) in [7, 11) is 0. The molecule has 2 N–H and O–H groups in total. The molecule has 1 nitrogen and oxygen atoms in total. The first-order valence-electron chi connectivity index (χ1n) is 6.91. The first kappa shape index (κ1) is 15.6. The quantitative estimate of drug-likeness (QED) is 0.878. The summed E-state index contributed by atoms with van der Waals surface area (Å²) in [4.78, 5) is 0. The number of benzene rings is 2. The zero-order valence-corrected chi connectivity index (χ0v) is 11.6. The van der Waals surface area contributed by atoms with Crippen LogP contribution in [0, 0.1) is 0 Å². The fourth-order valence-corrected chi connectivity index (χ4v) is 2.23. The lowest BCUT2D eigenvalue weighted by Gasteiger charge is -2.13. The van der Waals surface area contributed by atoms with Gasteiger partial charge in [-0.1, -0.05) is 42.5 Å². The minimum absolute atomic E-state index is 0.0538. The van der Waals surface area contributed by atoms with Crippen molar-refractivity contribution < 1.29 is 13.2 Å². The number of halogens is 3. The molecule has 2 aromatic rings. The van der Waals surface area contributed by atoms with E-state index in [-0.39, 0.29) is 6.04 Å². The minimum atomic E-state index is -4.28. The van der Waals surface area contributed by atoms with E-state index >= 15 is 0 Å². The molecule has 0 radical (unpaired) electrons. The number of aryl methyl sites for hydroxylation is 1. The lowest BCUT2D eigenvalue weighted by molar-refractivity contribution is -0.137. The Morgan fingerprint density at radius 2 is 1.48 bits per heavy atom. The van der Waals surface area contributed by atoms with Gasteiger partial charge in [0.2, 0.25) is 0 Å². The number of rotatable bonds is 5. The molecule has 2 rings (SSSR count). The Labute approximate surface area is 122 Å². The third-order valence-corrected chi connectivity index (χ3v) is 3.43. The molecule has 1 unspecified atom stereocenters. The van der Waals surface area contributed by atoms with E-state index in [9.17, 15) is 13.2 Å². The molecule has 4 heteroatoms. The van der Waals surface area contributed by atoms with Crippen molar-refractivity contribution in [2.45, 2.75) is 31.5 Å². The van der Waals surface area contributed by atoms with Gasteiger partial charge >= 0.3 is 6.18 Å². The van der Waals surface area contributed by atoms with Crippen molar-refractivity contribution >= 4 is 0 Å². The topological polar surface area (TPSA) is 26.0 Å². The van der Waals surface area contributed by atoms with E-state index in [1.54, 1.807) is 0 Å². The van der Waals surface area contributed by atoms with Crippen molar-refractivity contribution in [1.29, 1.82) is 0 Å². The number of alkyl halides is 3. The van der Waals surface area contributed by atoms with Crippen molar-refractivity contribution in [3.05, 3.63) is 71.3 Å². The fourth-order valence-electron chi connectivity index (χ4n) is 2.23. The SMILES string of the molecule is NC(CCc1ccccc1)Cc1ccc(C(F)(F)F)cc1. The Hall–Kier alpha value is -1.81. The van der Waals surface area contributed by atoms with Crippen LogP contribution in [0.3, 0.4) is 0 Å². The van der Waals surface area contributed by atoms with Crippen LogP contribution in [0.25, 0.3) is 0 Å². The van der Waals surface area contributed by atoms with Gasteiger partial charge in [0.15, 0.2) is 0 Å². The van der Waals surface area contributed by atoms with Crippen molar-refractivity contribution in [1.82, 2.24) is 0 Å². The van der Waals surface area contributed by atoms with Crippen LogP contribution < -0.4 is 5.73 Å². The predicted molar refractivity (Wildman–Crippen MR) is 77.9 cm³/mol. The van der Waals surface area contributed by atoms with Gasteiger partial charge in [-0.25, -0.2) is 0 Å². The number of hydrogen-bond acceptors (Lipinski definition) is 1. The molecule has 21 heavy (non-hydrogen) atoms. The predicted octanol–water partition coefficient (Wildman–Crippen LogP) is 4.21. The Morgan fingerprint density at radius 1 is 0.857 bits per heavy atom. The molecule has 0 aromatic heterocycles. The van der Waals surface area contributed by atoms with Crippen molar-refractivity contribution in [2.75, 3.05) is 0 Å². The van der Waals surface area contributed by atoms with Gasteiger partial charge in [-0.05, 0) is 42.5 Å². The second-order valence-electron chi connectivity index (χ2n) is 5.18. The standard InChI is InChI=1S/C17H18F3N/c18-17(19,20)15-9-6-14(7-10-15)12-16(21)11-8-13-4-2-1-3-5-13/h1-7,9-10,16H,8,11-12,21H2. The zero-order valence-electron chi connectivity index (χ0n) is 11.6. The maximum absolute atomic E-state index is 12.5. The largest absolute Gasteiger partial charge is 0.416 e. The highest BCUT2D eigenvalue weighted by Crippen LogP contribution is 2.29. The first-order valence-corrected chi connectivity index (χ1v) is 6.91. The third kappa shape index (κ3) is 4.90. The van der Waals surface area contributed by atoms with Crippen molar-refractivity contribution in [2.24, 2.45) is 5.73 Å². The van der Waals surface area contributed by atoms with Gasteiger partial charge in [0.25, 0.3) is 0 Å². The molecule has 0 heterocycles. The van der Waals surface area contributed by atoms with Crippen LogP contribution in [0.1, 0.15) is 23.1 Å². The molecule has 0 saturated carbocycles. The average molecular weight is 293 g/mol. The van der Waals surface area contributed by atoms with Crippen molar-refractivity contribution in [3.8, 4) is 0 Å². The number of nitrogens with two attached hydrogens (primary N) is 1.